The van der Waals surface area contributed by atoms with E-state index >= 15 is 0 Å². The van der Waals surface area contributed by atoms with Crippen LogP contribution in [0.3, 0.4) is 0 Å². The molecule has 3 aromatic carbocycles. The average molecular weight is 443 g/mol. The van der Waals surface area contributed by atoms with E-state index in [-0.39, 0.29) is 12.6 Å². The predicted octanol–water partition coefficient (Wildman–Crippen LogP) is 6.95. The minimum atomic E-state index is -0.341. The van der Waals surface area contributed by atoms with E-state index in [9.17, 15) is 9.90 Å². The lowest BCUT2D eigenvalue weighted by molar-refractivity contribution is -0.138. The van der Waals surface area contributed by atoms with E-state index in [1.54, 1.807) is 6.92 Å². The Bertz CT molecular complexity index is 1140. The number of carbonyl (C=O) groups is 1. The number of benzene rings is 3. The van der Waals surface area contributed by atoms with E-state index < -0.39 is 0 Å². The highest BCUT2D eigenvalue weighted by atomic mass is 16.5. The fourth-order valence-corrected chi connectivity index (χ4v) is 4.85. The van der Waals surface area contributed by atoms with Gasteiger partial charge in [0.05, 0.1) is 13.2 Å². The highest BCUT2D eigenvalue weighted by Crippen LogP contribution is 2.38. The summed E-state index contributed by atoms with van der Waals surface area (Å²) in [4.78, 5) is 11.9. The lowest BCUT2D eigenvalue weighted by Gasteiger charge is -2.27. The Kier molecular flexibility index (Phi) is 7.29. The van der Waals surface area contributed by atoms with Crippen LogP contribution < -0.4 is 0 Å². The Morgan fingerprint density at radius 1 is 1.00 bits per heavy atom. The van der Waals surface area contributed by atoms with Gasteiger partial charge in [0.1, 0.15) is 0 Å². The lowest BCUT2D eigenvalue weighted by atomic mass is 9.79. The second-order valence-corrected chi connectivity index (χ2v) is 9.59. The van der Waals surface area contributed by atoms with Crippen LogP contribution in [0.15, 0.2) is 66.7 Å². The van der Waals surface area contributed by atoms with Crippen molar-refractivity contribution in [1.82, 2.24) is 0 Å². The summed E-state index contributed by atoms with van der Waals surface area (Å²) in [7, 11) is 0. The molecule has 3 nitrogen and oxygen atoms in total. The number of rotatable bonds is 7. The van der Waals surface area contributed by atoms with Gasteiger partial charge in [0.25, 0.3) is 0 Å². The van der Waals surface area contributed by atoms with Crippen LogP contribution >= 0.6 is 0 Å². The van der Waals surface area contributed by atoms with Crippen molar-refractivity contribution in [3.63, 3.8) is 0 Å². The molecule has 1 aliphatic carbocycles. The van der Waals surface area contributed by atoms with E-state index in [1.165, 1.54) is 47.6 Å². The third-order valence-corrected chi connectivity index (χ3v) is 6.97. The van der Waals surface area contributed by atoms with E-state index in [1.807, 2.05) is 12.1 Å². The monoisotopic (exact) mass is 442 g/mol. The first-order valence-corrected chi connectivity index (χ1v) is 12.0. The molecule has 0 radical (unpaired) electrons. The van der Waals surface area contributed by atoms with Crippen molar-refractivity contribution in [2.75, 3.05) is 6.61 Å². The normalized spacial score (nSPS) is 18.3. The van der Waals surface area contributed by atoms with E-state index in [2.05, 4.69) is 56.0 Å². The van der Waals surface area contributed by atoms with E-state index in [0.29, 0.717) is 24.5 Å². The summed E-state index contributed by atoms with van der Waals surface area (Å²) in [6.07, 6.45) is 5.77. The minimum absolute atomic E-state index is 0.0417. The Balaban J connectivity index is 1.69. The van der Waals surface area contributed by atoms with E-state index in [4.69, 9.17) is 4.74 Å². The molecule has 0 atom stereocenters. The fraction of sp³-hybridized carbons (Fsp3) is 0.367. The summed E-state index contributed by atoms with van der Waals surface area (Å²) in [6, 6.07) is 19.4. The van der Waals surface area contributed by atoms with Gasteiger partial charge in [-0.3, -0.25) is 0 Å². The molecule has 3 heteroatoms. The molecule has 0 aliphatic heterocycles. The first kappa shape index (κ1) is 23.3. The largest absolute Gasteiger partial charge is 0.462 e. The zero-order chi connectivity index (χ0) is 23.4. The topological polar surface area (TPSA) is 46.5 Å². The Labute approximate surface area is 197 Å². The van der Waals surface area contributed by atoms with Gasteiger partial charge >= 0.3 is 5.97 Å². The summed E-state index contributed by atoms with van der Waals surface area (Å²) < 4.78 is 5.42. The molecule has 0 bridgehead atoms. The van der Waals surface area contributed by atoms with Crippen molar-refractivity contribution >= 4 is 16.7 Å². The van der Waals surface area contributed by atoms with E-state index in [0.717, 1.165) is 22.6 Å². The van der Waals surface area contributed by atoms with Crippen molar-refractivity contribution in [2.45, 2.75) is 58.5 Å². The van der Waals surface area contributed by atoms with Crippen LogP contribution in [0.4, 0.5) is 0 Å². The van der Waals surface area contributed by atoms with Crippen molar-refractivity contribution in [2.24, 2.45) is 5.92 Å². The predicted molar refractivity (Wildman–Crippen MR) is 135 cm³/mol. The molecule has 1 fully saturated rings. The maximum absolute atomic E-state index is 11.9. The summed E-state index contributed by atoms with van der Waals surface area (Å²) in [6.45, 7) is 8.08. The maximum Gasteiger partial charge on any atom is 0.333 e. The summed E-state index contributed by atoms with van der Waals surface area (Å²) in [5.74, 6) is 1.12. The molecule has 4 rings (SSSR count). The van der Waals surface area contributed by atoms with Crippen LogP contribution in [0, 0.1) is 5.92 Å². The molecule has 0 spiro atoms. The summed E-state index contributed by atoms with van der Waals surface area (Å²) in [5, 5.41) is 11.8. The van der Waals surface area contributed by atoms with Crippen molar-refractivity contribution < 1.29 is 14.6 Å². The quantitative estimate of drug-likeness (QED) is 0.318. The van der Waals surface area contributed by atoms with Crippen LogP contribution in [0.5, 0.6) is 0 Å². The number of hydrogen-bond donors (Lipinski definition) is 1. The zero-order valence-electron chi connectivity index (χ0n) is 19.8. The maximum atomic E-state index is 11.9. The Morgan fingerprint density at radius 2 is 1.73 bits per heavy atom. The highest BCUT2D eigenvalue weighted by Gasteiger charge is 2.20. The van der Waals surface area contributed by atoms with Crippen molar-refractivity contribution in [3.8, 4) is 11.1 Å². The molecule has 0 amide bonds. The second kappa shape index (κ2) is 10.4. The van der Waals surface area contributed by atoms with Gasteiger partial charge < -0.3 is 9.84 Å². The minimum Gasteiger partial charge on any atom is -0.462 e. The SMILES string of the molecule is C=C(C)C(=O)OCCc1cc(-c2ccc(CO)cc2)cc2ccc(C3CCC(C)CC3)cc12. The van der Waals surface area contributed by atoms with Crippen LogP contribution in [0.1, 0.15) is 62.1 Å². The molecule has 33 heavy (non-hydrogen) atoms. The zero-order valence-corrected chi connectivity index (χ0v) is 19.8. The van der Waals surface area contributed by atoms with Gasteiger partial charge in [-0.1, -0.05) is 74.9 Å². The van der Waals surface area contributed by atoms with Crippen molar-refractivity contribution in [1.29, 1.82) is 0 Å². The standard InChI is InChI=1S/C30H34O3/c1-20(2)30(32)33-15-14-27-17-28(24-10-6-22(19-31)7-11-24)16-26-13-12-25(18-29(26)27)23-8-4-21(3)5-9-23/h6-7,10-13,16-18,21,23,31H,1,4-5,8-9,14-15,19H2,2-3H3. The molecule has 0 saturated heterocycles. The highest BCUT2D eigenvalue weighted by molar-refractivity contribution is 5.91. The lowest BCUT2D eigenvalue weighted by Crippen LogP contribution is -2.11. The van der Waals surface area contributed by atoms with Gasteiger partial charge in [-0.05, 0) is 76.3 Å². The smallest absolute Gasteiger partial charge is 0.333 e. The number of carbonyl (C=O) groups excluding carboxylic acids is 1. The molecule has 1 N–H and O–H groups in total. The summed E-state index contributed by atoms with van der Waals surface area (Å²) in [5.41, 5.74) is 6.18. The van der Waals surface area contributed by atoms with Gasteiger partial charge in [0, 0.05) is 12.0 Å². The number of hydrogen-bond acceptors (Lipinski definition) is 3. The van der Waals surface area contributed by atoms with Crippen molar-refractivity contribution in [3.05, 3.63) is 83.4 Å². The Morgan fingerprint density at radius 3 is 2.39 bits per heavy atom. The fourth-order valence-electron chi connectivity index (χ4n) is 4.85. The first-order valence-electron chi connectivity index (χ1n) is 12.0. The number of aliphatic hydroxyl groups is 1. The van der Waals surface area contributed by atoms with Gasteiger partial charge in [-0.2, -0.15) is 0 Å². The molecule has 1 saturated carbocycles. The molecule has 3 aromatic rings. The molecular formula is C30H34O3. The first-order chi connectivity index (χ1) is 15.9. The summed E-state index contributed by atoms with van der Waals surface area (Å²) >= 11 is 0. The molecule has 172 valence electrons. The molecule has 0 heterocycles. The van der Waals surface area contributed by atoms with Crippen LogP contribution in [-0.4, -0.2) is 17.7 Å². The molecule has 1 aliphatic rings. The molecule has 0 unspecified atom stereocenters. The number of ether oxygens (including phenoxy) is 1. The van der Waals surface area contributed by atoms with Gasteiger partial charge in [0.2, 0.25) is 0 Å². The Hall–Kier alpha value is -2.91. The third kappa shape index (κ3) is 5.54. The van der Waals surface area contributed by atoms with Gasteiger partial charge in [-0.25, -0.2) is 4.79 Å². The molecular weight excluding hydrogens is 408 g/mol. The third-order valence-electron chi connectivity index (χ3n) is 6.97. The van der Waals surface area contributed by atoms with Crippen LogP contribution in [0.2, 0.25) is 0 Å². The van der Waals surface area contributed by atoms with Crippen LogP contribution in [0.25, 0.3) is 21.9 Å². The van der Waals surface area contributed by atoms with Gasteiger partial charge in [0.15, 0.2) is 0 Å². The van der Waals surface area contributed by atoms with Crippen LogP contribution in [-0.2, 0) is 22.6 Å². The number of esters is 1. The van der Waals surface area contributed by atoms with Gasteiger partial charge in [-0.15, -0.1) is 0 Å². The number of aliphatic hydroxyl groups excluding tert-OH is 1. The average Bonchev–Trinajstić information content (AvgIpc) is 2.84. The second-order valence-electron chi connectivity index (χ2n) is 9.59. The molecule has 0 aromatic heterocycles. The number of fused-ring (bicyclic) bond motifs is 1.